The van der Waals surface area contributed by atoms with Crippen molar-refractivity contribution in [3.63, 3.8) is 0 Å². The van der Waals surface area contributed by atoms with Crippen molar-refractivity contribution in [2.24, 2.45) is 0 Å². The predicted molar refractivity (Wildman–Crippen MR) is 81.4 cm³/mol. The van der Waals surface area contributed by atoms with Gasteiger partial charge in [-0.3, -0.25) is 4.98 Å². The molecule has 2 rings (SSSR count). The van der Waals surface area contributed by atoms with Crippen molar-refractivity contribution in [3.05, 3.63) is 34.9 Å². The van der Waals surface area contributed by atoms with Crippen LogP contribution in [0.3, 0.4) is 0 Å². The first kappa shape index (κ1) is 13.8. The molecule has 2 N–H and O–H groups in total. The van der Waals surface area contributed by atoms with E-state index in [4.69, 9.17) is 0 Å². The van der Waals surface area contributed by atoms with Gasteiger partial charge in [-0.25, -0.2) is 4.79 Å². The second kappa shape index (κ2) is 6.52. The minimum atomic E-state index is -0.189. The van der Waals surface area contributed by atoms with Crippen LogP contribution in [0.15, 0.2) is 34.9 Å². The van der Waals surface area contributed by atoms with Crippen LogP contribution < -0.4 is 10.6 Å². The molecule has 0 fully saturated rings. The fourth-order valence-corrected chi connectivity index (χ4v) is 2.13. The van der Waals surface area contributed by atoms with E-state index in [9.17, 15) is 4.79 Å². The number of para-hydroxylation sites is 1. The van der Waals surface area contributed by atoms with Crippen LogP contribution in [0.1, 0.15) is 19.8 Å². The minimum absolute atomic E-state index is 0.189. The van der Waals surface area contributed by atoms with Crippen LogP contribution >= 0.6 is 15.9 Å². The molecule has 1 aromatic heterocycles. The highest BCUT2D eigenvalue weighted by Gasteiger charge is 2.06. The van der Waals surface area contributed by atoms with Crippen molar-refractivity contribution in [2.75, 3.05) is 11.9 Å². The molecule has 0 bridgehead atoms. The number of anilines is 1. The Morgan fingerprint density at radius 2 is 2.26 bits per heavy atom. The Balaban J connectivity index is 2.14. The van der Waals surface area contributed by atoms with Gasteiger partial charge in [-0.15, -0.1) is 0 Å². The summed E-state index contributed by atoms with van der Waals surface area (Å²) in [5, 5.41) is 6.64. The Morgan fingerprint density at radius 1 is 1.42 bits per heavy atom. The smallest absolute Gasteiger partial charge is 0.319 e. The lowest BCUT2D eigenvalue weighted by Crippen LogP contribution is -2.29. The summed E-state index contributed by atoms with van der Waals surface area (Å²) in [6.07, 6.45) is 3.76. The van der Waals surface area contributed by atoms with Crippen LogP contribution in [-0.2, 0) is 0 Å². The number of halogens is 1. The molecular weight excluding hydrogens is 306 g/mol. The lowest BCUT2D eigenvalue weighted by atomic mass is 10.2. The van der Waals surface area contributed by atoms with E-state index in [0.717, 1.165) is 33.9 Å². The highest BCUT2D eigenvalue weighted by atomic mass is 79.9. The van der Waals surface area contributed by atoms with E-state index in [1.807, 2.05) is 24.3 Å². The molecule has 0 aliphatic carbocycles. The summed E-state index contributed by atoms with van der Waals surface area (Å²) in [6, 6.07) is 7.50. The Bertz CT molecular complexity index is 586. The van der Waals surface area contributed by atoms with Gasteiger partial charge >= 0.3 is 6.03 Å². The fourth-order valence-electron chi connectivity index (χ4n) is 1.78. The Morgan fingerprint density at radius 3 is 3.05 bits per heavy atom. The second-order valence-electron chi connectivity index (χ2n) is 4.27. The van der Waals surface area contributed by atoms with Crippen LogP contribution in [0.25, 0.3) is 10.9 Å². The topological polar surface area (TPSA) is 54.0 Å². The number of benzene rings is 1. The van der Waals surface area contributed by atoms with E-state index < -0.39 is 0 Å². The lowest BCUT2D eigenvalue weighted by Gasteiger charge is -2.09. The number of hydrogen-bond donors (Lipinski definition) is 2. The van der Waals surface area contributed by atoms with Gasteiger partial charge < -0.3 is 10.6 Å². The molecular formula is C14H16BrN3O. The van der Waals surface area contributed by atoms with Gasteiger partial charge in [-0.05, 0) is 34.5 Å². The molecule has 2 aromatic rings. The zero-order chi connectivity index (χ0) is 13.7. The van der Waals surface area contributed by atoms with Crippen molar-refractivity contribution in [3.8, 4) is 0 Å². The van der Waals surface area contributed by atoms with Gasteiger partial charge in [0.1, 0.15) is 0 Å². The number of unbranched alkanes of at least 4 members (excludes halogenated alkanes) is 1. The first-order chi connectivity index (χ1) is 9.20. The van der Waals surface area contributed by atoms with Gasteiger partial charge in [0.25, 0.3) is 0 Å². The summed E-state index contributed by atoms with van der Waals surface area (Å²) in [5.74, 6) is 0. The summed E-state index contributed by atoms with van der Waals surface area (Å²) >= 11 is 3.39. The SMILES string of the molecule is CCCCNC(=O)Nc1cccc2cc(Br)cnc12. The number of aromatic nitrogens is 1. The van der Waals surface area contributed by atoms with Crippen LogP contribution in [0.5, 0.6) is 0 Å². The summed E-state index contributed by atoms with van der Waals surface area (Å²) in [5.41, 5.74) is 1.51. The maximum atomic E-state index is 11.7. The van der Waals surface area contributed by atoms with Gasteiger partial charge in [-0.1, -0.05) is 25.5 Å². The molecule has 0 saturated carbocycles. The summed E-state index contributed by atoms with van der Waals surface area (Å²) < 4.78 is 0.921. The summed E-state index contributed by atoms with van der Waals surface area (Å²) in [4.78, 5) is 16.1. The number of hydrogen-bond acceptors (Lipinski definition) is 2. The lowest BCUT2D eigenvalue weighted by molar-refractivity contribution is 0.252. The largest absolute Gasteiger partial charge is 0.338 e. The van der Waals surface area contributed by atoms with E-state index in [-0.39, 0.29) is 6.03 Å². The highest BCUT2D eigenvalue weighted by molar-refractivity contribution is 9.10. The minimum Gasteiger partial charge on any atom is -0.338 e. The van der Waals surface area contributed by atoms with Crippen LogP contribution in [0.4, 0.5) is 10.5 Å². The second-order valence-corrected chi connectivity index (χ2v) is 5.18. The van der Waals surface area contributed by atoms with E-state index in [1.54, 1.807) is 6.20 Å². The van der Waals surface area contributed by atoms with E-state index in [0.29, 0.717) is 6.54 Å². The maximum Gasteiger partial charge on any atom is 0.319 e. The van der Waals surface area contributed by atoms with Crippen LogP contribution in [0, 0.1) is 0 Å². The van der Waals surface area contributed by atoms with Crippen LogP contribution in [-0.4, -0.2) is 17.6 Å². The Hall–Kier alpha value is -1.62. The van der Waals surface area contributed by atoms with Crippen molar-refractivity contribution in [2.45, 2.75) is 19.8 Å². The number of amides is 2. The number of nitrogens with zero attached hydrogens (tertiary/aromatic N) is 1. The molecule has 0 aliphatic heterocycles. The van der Waals surface area contributed by atoms with Crippen molar-refractivity contribution >= 4 is 38.6 Å². The highest BCUT2D eigenvalue weighted by Crippen LogP contribution is 2.23. The third kappa shape index (κ3) is 3.67. The number of pyridine rings is 1. The van der Waals surface area contributed by atoms with Crippen molar-refractivity contribution < 1.29 is 4.79 Å². The van der Waals surface area contributed by atoms with E-state index >= 15 is 0 Å². The number of fused-ring (bicyclic) bond motifs is 1. The maximum absolute atomic E-state index is 11.7. The monoisotopic (exact) mass is 321 g/mol. The number of carbonyl (C=O) groups is 1. The van der Waals surface area contributed by atoms with Gasteiger partial charge in [-0.2, -0.15) is 0 Å². The molecule has 19 heavy (non-hydrogen) atoms. The molecule has 0 radical (unpaired) electrons. The molecule has 100 valence electrons. The number of nitrogens with one attached hydrogen (secondary N) is 2. The van der Waals surface area contributed by atoms with Gasteiger partial charge in [0.2, 0.25) is 0 Å². The third-order valence-corrected chi connectivity index (χ3v) is 3.18. The number of urea groups is 1. The molecule has 0 aliphatic rings. The predicted octanol–water partition coefficient (Wildman–Crippen LogP) is 3.92. The zero-order valence-corrected chi connectivity index (χ0v) is 12.3. The van der Waals surface area contributed by atoms with Crippen molar-refractivity contribution in [1.82, 2.24) is 10.3 Å². The van der Waals surface area contributed by atoms with E-state index in [2.05, 4.69) is 38.5 Å². The quantitative estimate of drug-likeness (QED) is 0.838. The molecule has 5 heteroatoms. The molecule has 1 heterocycles. The fraction of sp³-hybridized carbons (Fsp3) is 0.286. The zero-order valence-electron chi connectivity index (χ0n) is 10.7. The van der Waals surface area contributed by atoms with Gasteiger partial charge in [0, 0.05) is 22.6 Å². The molecule has 2 amide bonds. The first-order valence-electron chi connectivity index (χ1n) is 6.30. The summed E-state index contributed by atoms with van der Waals surface area (Å²) in [7, 11) is 0. The first-order valence-corrected chi connectivity index (χ1v) is 7.09. The van der Waals surface area contributed by atoms with E-state index in [1.165, 1.54) is 0 Å². The molecule has 0 spiro atoms. The average Bonchev–Trinajstić information content (AvgIpc) is 2.39. The normalized spacial score (nSPS) is 10.4. The number of carbonyl (C=O) groups excluding carboxylic acids is 1. The van der Waals surface area contributed by atoms with Gasteiger partial charge in [0.15, 0.2) is 0 Å². The Kier molecular flexibility index (Phi) is 4.74. The Labute approximate surface area is 120 Å². The molecule has 4 nitrogen and oxygen atoms in total. The summed E-state index contributed by atoms with van der Waals surface area (Å²) in [6.45, 7) is 2.78. The van der Waals surface area contributed by atoms with Crippen LogP contribution in [0.2, 0.25) is 0 Å². The molecule has 0 unspecified atom stereocenters. The number of rotatable bonds is 4. The molecule has 0 atom stereocenters. The third-order valence-electron chi connectivity index (χ3n) is 2.74. The standard InChI is InChI=1S/C14H16BrN3O/c1-2-3-7-16-14(19)18-12-6-4-5-10-8-11(15)9-17-13(10)12/h4-6,8-9H,2-3,7H2,1H3,(H2,16,18,19). The van der Waals surface area contributed by atoms with Gasteiger partial charge in [0.05, 0.1) is 11.2 Å². The molecule has 1 aromatic carbocycles. The average molecular weight is 322 g/mol. The van der Waals surface area contributed by atoms with Crippen molar-refractivity contribution in [1.29, 1.82) is 0 Å². The molecule has 0 saturated heterocycles.